The Kier molecular flexibility index (Phi) is 3.52. The Labute approximate surface area is 113 Å². The van der Waals surface area contributed by atoms with Crippen molar-refractivity contribution < 1.29 is 22.7 Å². The summed E-state index contributed by atoms with van der Waals surface area (Å²) in [4.78, 5) is 10.5. The molecule has 0 bridgehead atoms. The van der Waals surface area contributed by atoms with Gasteiger partial charge in [-0.15, -0.1) is 0 Å². The van der Waals surface area contributed by atoms with Gasteiger partial charge in [0.2, 0.25) is 15.8 Å². The minimum absolute atomic E-state index is 0.0833. The van der Waals surface area contributed by atoms with Crippen molar-refractivity contribution >= 4 is 31.9 Å². The molecule has 0 spiro atoms. The summed E-state index contributed by atoms with van der Waals surface area (Å²) < 4.78 is 31.2. The number of sulfonamides is 1. The van der Waals surface area contributed by atoms with Crippen LogP contribution in [0.15, 0.2) is 20.0 Å². The molecule has 0 atom stereocenters. The van der Waals surface area contributed by atoms with Gasteiger partial charge in [-0.3, -0.25) is 0 Å². The van der Waals surface area contributed by atoms with E-state index in [1.165, 1.54) is 0 Å². The Hall–Kier alpha value is -0.860. The van der Waals surface area contributed by atoms with Gasteiger partial charge in [0, 0.05) is 12.1 Å². The molecule has 0 saturated heterocycles. The van der Waals surface area contributed by atoms with E-state index in [1.54, 1.807) is 0 Å². The highest BCUT2D eigenvalue weighted by atomic mass is 79.9. The van der Waals surface area contributed by atoms with Crippen LogP contribution in [0.3, 0.4) is 0 Å². The molecule has 2 N–H and O–H groups in total. The molecule has 2 rings (SSSR count). The average Bonchev–Trinajstić information content (AvgIpc) is 2.58. The van der Waals surface area contributed by atoms with Crippen molar-refractivity contribution in [1.29, 1.82) is 0 Å². The fraction of sp³-hybridized carbons (Fsp3) is 0.500. The Bertz CT molecular complexity index is 573. The van der Waals surface area contributed by atoms with Crippen LogP contribution < -0.4 is 4.72 Å². The number of hydrogen-bond donors (Lipinski definition) is 2. The van der Waals surface area contributed by atoms with Gasteiger partial charge in [-0.2, -0.15) is 0 Å². The number of carboxylic acid groups (broad SMARTS) is 1. The Balaban J connectivity index is 2.21. The van der Waals surface area contributed by atoms with Crippen molar-refractivity contribution in [2.45, 2.75) is 30.7 Å². The molecular formula is C10H12BrNO5S. The maximum absolute atomic E-state index is 12.0. The third-order valence-corrected chi connectivity index (χ3v) is 5.23. The second-order valence-electron chi connectivity index (χ2n) is 4.45. The first kappa shape index (κ1) is 13.6. The van der Waals surface area contributed by atoms with Gasteiger partial charge in [-0.25, -0.2) is 17.9 Å². The first-order valence-electron chi connectivity index (χ1n) is 5.34. The number of furan rings is 1. The highest BCUT2D eigenvalue weighted by Crippen LogP contribution is 2.30. The molecule has 0 radical (unpaired) electrons. The fourth-order valence-electron chi connectivity index (χ4n) is 1.92. The zero-order valence-corrected chi connectivity index (χ0v) is 11.9. The second-order valence-corrected chi connectivity index (χ2v) is 6.85. The van der Waals surface area contributed by atoms with E-state index in [2.05, 4.69) is 20.7 Å². The van der Waals surface area contributed by atoms with Gasteiger partial charge in [0.25, 0.3) is 0 Å². The quantitative estimate of drug-likeness (QED) is 0.873. The third kappa shape index (κ3) is 2.60. The first-order chi connectivity index (χ1) is 8.29. The van der Waals surface area contributed by atoms with Gasteiger partial charge in [-0.1, -0.05) is 6.92 Å². The van der Waals surface area contributed by atoms with Gasteiger partial charge in [0.1, 0.15) is 4.90 Å². The molecule has 18 heavy (non-hydrogen) atoms. The number of halogens is 1. The number of hydrogen-bond acceptors (Lipinski definition) is 4. The molecule has 1 saturated carbocycles. The first-order valence-corrected chi connectivity index (χ1v) is 7.62. The van der Waals surface area contributed by atoms with E-state index in [0.29, 0.717) is 5.92 Å². The van der Waals surface area contributed by atoms with Gasteiger partial charge in [0.05, 0.1) is 0 Å². The van der Waals surface area contributed by atoms with Crippen LogP contribution in [0.5, 0.6) is 0 Å². The van der Waals surface area contributed by atoms with Crippen LogP contribution in [-0.4, -0.2) is 25.5 Å². The molecule has 1 aliphatic carbocycles. The summed E-state index contributed by atoms with van der Waals surface area (Å²) in [5.74, 6) is -1.21. The van der Waals surface area contributed by atoms with E-state index in [9.17, 15) is 13.2 Å². The summed E-state index contributed by atoms with van der Waals surface area (Å²) >= 11 is 2.91. The SMILES string of the molecule is CC1CC(NS(=O)(=O)c2cc(C(=O)O)oc2Br)C1. The van der Waals surface area contributed by atoms with Crippen LogP contribution in [0.4, 0.5) is 0 Å². The summed E-state index contributed by atoms with van der Waals surface area (Å²) in [5, 5.41) is 8.73. The molecule has 1 aliphatic rings. The number of nitrogens with one attached hydrogen (secondary N) is 1. The van der Waals surface area contributed by atoms with Crippen LogP contribution >= 0.6 is 15.9 Å². The summed E-state index contributed by atoms with van der Waals surface area (Å²) in [6.45, 7) is 2.04. The van der Waals surface area contributed by atoms with Crippen molar-refractivity contribution in [2.24, 2.45) is 5.92 Å². The van der Waals surface area contributed by atoms with Crippen molar-refractivity contribution in [3.63, 3.8) is 0 Å². The van der Waals surface area contributed by atoms with Crippen molar-refractivity contribution in [1.82, 2.24) is 4.72 Å². The molecular weight excluding hydrogens is 326 g/mol. The molecule has 1 heterocycles. The highest BCUT2D eigenvalue weighted by molar-refractivity contribution is 9.10. The Morgan fingerprint density at radius 1 is 1.56 bits per heavy atom. The summed E-state index contributed by atoms with van der Waals surface area (Å²) in [5.41, 5.74) is 0. The standard InChI is InChI=1S/C10H12BrNO5S/c1-5-2-6(3-5)12-18(15,16)8-4-7(10(13)14)17-9(8)11/h4-6,12H,2-3H2,1H3,(H,13,14). The molecule has 100 valence electrons. The summed E-state index contributed by atoms with van der Waals surface area (Å²) in [7, 11) is -3.74. The molecule has 8 heteroatoms. The molecule has 0 aliphatic heterocycles. The molecule has 6 nitrogen and oxygen atoms in total. The minimum atomic E-state index is -3.74. The van der Waals surface area contributed by atoms with E-state index < -0.39 is 21.8 Å². The van der Waals surface area contributed by atoms with E-state index in [4.69, 9.17) is 9.52 Å². The number of carbonyl (C=O) groups is 1. The third-order valence-electron chi connectivity index (χ3n) is 2.85. The van der Waals surface area contributed by atoms with Gasteiger partial charge < -0.3 is 9.52 Å². The van der Waals surface area contributed by atoms with Gasteiger partial charge in [0.15, 0.2) is 4.67 Å². The lowest BCUT2D eigenvalue weighted by molar-refractivity contribution is 0.0661. The lowest BCUT2D eigenvalue weighted by atomic mass is 9.83. The summed E-state index contributed by atoms with van der Waals surface area (Å²) in [6, 6.07) is 0.914. The van der Waals surface area contributed by atoms with E-state index in [0.717, 1.165) is 18.9 Å². The molecule has 1 aromatic heterocycles. The zero-order chi connectivity index (χ0) is 13.5. The second kappa shape index (κ2) is 4.67. The predicted molar refractivity (Wildman–Crippen MR) is 65.9 cm³/mol. The smallest absolute Gasteiger partial charge is 0.371 e. The maximum atomic E-state index is 12.0. The number of rotatable bonds is 4. The molecule has 0 unspecified atom stereocenters. The Morgan fingerprint density at radius 3 is 2.61 bits per heavy atom. The van der Waals surface area contributed by atoms with Crippen LogP contribution in [0, 0.1) is 5.92 Å². The van der Waals surface area contributed by atoms with E-state index in [-0.39, 0.29) is 15.6 Å². The number of aromatic carboxylic acids is 1. The number of carboxylic acids is 1. The topological polar surface area (TPSA) is 96.6 Å². The van der Waals surface area contributed by atoms with Crippen molar-refractivity contribution in [3.8, 4) is 0 Å². The lowest BCUT2D eigenvalue weighted by Crippen LogP contribution is -2.43. The van der Waals surface area contributed by atoms with Crippen molar-refractivity contribution in [2.75, 3.05) is 0 Å². The Morgan fingerprint density at radius 2 is 2.17 bits per heavy atom. The predicted octanol–water partition coefficient (Wildman–Crippen LogP) is 1.82. The van der Waals surface area contributed by atoms with Crippen LogP contribution in [0.2, 0.25) is 0 Å². The molecule has 1 aromatic rings. The molecule has 0 aromatic carbocycles. The van der Waals surface area contributed by atoms with Gasteiger partial charge in [-0.05, 0) is 34.7 Å². The lowest BCUT2D eigenvalue weighted by Gasteiger charge is -2.32. The maximum Gasteiger partial charge on any atom is 0.371 e. The molecule has 0 amide bonds. The largest absolute Gasteiger partial charge is 0.475 e. The minimum Gasteiger partial charge on any atom is -0.475 e. The average molecular weight is 338 g/mol. The molecule has 1 fully saturated rings. The fourth-order valence-corrected chi connectivity index (χ4v) is 4.12. The summed E-state index contributed by atoms with van der Waals surface area (Å²) in [6.07, 6.45) is 1.58. The normalized spacial score (nSPS) is 23.7. The van der Waals surface area contributed by atoms with E-state index in [1.807, 2.05) is 6.92 Å². The van der Waals surface area contributed by atoms with Crippen molar-refractivity contribution in [3.05, 3.63) is 16.5 Å². The van der Waals surface area contributed by atoms with Crippen LogP contribution in [0.1, 0.15) is 30.3 Å². The van der Waals surface area contributed by atoms with Gasteiger partial charge >= 0.3 is 5.97 Å². The zero-order valence-electron chi connectivity index (χ0n) is 9.51. The van der Waals surface area contributed by atoms with Crippen LogP contribution in [0.25, 0.3) is 0 Å². The van der Waals surface area contributed by atoms with Crippen LogP contribution in [-0.2, 0) is 10.0 Å². The van der Waals surface area contributed by atoms with E-state index >= 15 is 0 Å². The highest BCUT2D eigenvalue weighted by Gasteiger charge is 2.32. The monoisotopic (exact) mass is 337 g/mol.